The van der Waals surface area contributed by atoms with Crippen LogP contribution < -0.4 is 10.2 Å². The highest BCUT2D eigenvalue weighted by Gasteiger charge is 2.16. The Bertz CT molecular complexity index is 593. The average molecular weight is 351 g/mol. The molecule has 0 radical (unpaired) electrons. The van der Waals surface area contributed by atoms with E-state index in [1.54, 1.807) is 0 Å². The Balaban J connectivity index is 1.78. The van der Waals surface area contributed by atoms with Gasteiger partial charge >= 0.3 is 0 Å². The molecular weight excluding hydrogens is 332 g/mol. The summed E-state index contributed by atoms with van der Waals surface area (Å²) in [5.41, 5.74) is 2.35. The van der Waals surface area contributed by atoms with Crippen LogP contribution in [-0.4, -0.2) is 26.3 Å². The summed E-state index contributed by atoms with van der Waals surface area (Å²) in [7, 11) is 0. The van der Waals surface area contributed by atoms with Crippen molar-refractivity contribution in [3.8, 4) is 0 Å². The lowest BCUT2D eigenvalue weighted by atomic mass is 10.2. The molecular formula is C16H19BrN2O2. The second-order valence-electron chi connectivity index (χ2n) is 5.12. The fraction of sp³-hybridized carbons (Fsp3) is 0.375. The fourth-order valence-electron chi connectivity index (χ4n) is 2.54. The summed E-state index contributed by atoms with van der Waals surface area (Å²) in [6.07, 6.45) is 0. The van der Waals surface area contributed by atoms with E-state index in [4.69, 9.17) is 9.15 Å². The number of rotatable bonds is 4. The van der Waals surface area contributed by atoms with Gasteiger partial charge in [-0.05, 0) is 47.1 Å². The molecule has 5 heteroatoms. The summed E-state index contributed by atoms with van der Waals surface area (Å²) in [6, 6.07) is 12.4. The molecule has 2 aromatic rings. The molecule has 1 atom stereocenters. The Morgan fingerprint density at radius 2 is 1.90 bits per heavy atom. The summed E-state index contributed by atoms with van der Waals surface area (Å²) in [6.45, 7) is 5.53. The number of furan rings is 1. The fourth-order valence-corrected chi connectivity index (χ4v) is 2.86. The normalized spacial score (nSPS) is 16.8. The minimum Gasteiger partial charge on any atom is -0.452 e. The molecule has 0 bridgehead atoms. The van der Waals surface area contributed by atoms with Gasteiger partial charge in [0.2, 0.25) is 0 Å². The molecule has 1 unspecified atom stereocenters. The summed E-state index contributed by atoms with van der Waals surface area (Å²) in [4.78, 5) is 2.36. The first-order valence-electron chi connectivity index (χ1n) is 7.17. The van der Waals surface area contributed by atoms with Gasteiger partial charge in [-0.25, -0.2) is 0 Å². The highest BCUT2D eigenvalue weighted by molar-refractivity contribution is 9.10. The van der Waals surface area contributed by atoms with Crippen molar-refractivity contribution >= 4 is 27.3 Å². The number of nitrogens with zero attached hydrogens (tertiary/aromatic N) is 1. The molecule has 1 fully saturated rings. The molecule has 1 aromatic carbocycles. The minimum absolute atomic E-state index is 0.110. The van der Waals surface area contributed by atoms with Crippen LogP contribution in [0.25, 0.3) is 0 Å². The zero-order valence-electron chi connectivity index (χ0n) is 12.0. The molecule has 112 valence electrons. The smallest absolute Gasteiger partial charge is 0.169 e. The van der Waals surface area contributed by atoms with E-state index in [0.717, 1.165) is 42.4 Å². The molecule has 0 saturated carbocycles. The van der Waals surface area contributed by atoms with Gasteiger partial charge in [-0.15, -0.1) is 0 Å². The maximum Gasteiger partial charge on any atom is 0.169 e. The maximum absolute atomic E-state index is 5.62. The molecule has 0 spiro atoms. The topological polar surface area (TPSA) is 37.6 Å². The van der Waals surface area contributed by atoms with Gasteiger partial charge in [-0.1, -0.05) is 12.1 Å². The van der Waals surface area contributed by atoms with Gasteiger partial charge < -0.3 is 19.4 Å². The molecule has 3 rings (SSSR count). The molecule has 0 amide bonds. The number of hydrogen-bond donors (Lipinski definition) is 1. The van der Waals surface area contributed by atoms with Crippen LogP contribution in [-0.2, 0) is 4.74 Å². The van der Waals surface area contributed by atoms with Gasteiger partial charge in [-0.2, -0.15) is 0 Å². The SMILES string of the molecule is CC(Nc1ccccc1N1CCOCC1)c1ccc(Br)o1. The number of ether oxygens (including phenoxy) is 1. The molecule has 21 heavy (non-hydrogen) atoms. The molecule has 0 aliphatic carbocycles. The number of benzene rings is 1. The summed E-state index contributed by atoms with van der Waals surface area (Å²) >= 11 is 3.35. The Morgan fingerprint density at radius 3 is 2.62 bits per heavy atom. The number of morpholine rings is 1. The molecule has 1 aliphatic rings. The molecule has 1 aliphatic heterocycles. The number of hydrogen-bond acceptors (Lipinski definition) is 4. The lowest BCUT2D eigenvalue weighted by Crippen LogP contribution is -2.36. The van der Waals surface area contributed by atoms with Crippen molar-refractivity contribution < 1.29 is 9.15 Å². The Kier molecular flexibility index (Phi) is 4.51. The lowest BCUT2D eigenvalue weighted by Gasteiger charge is -2.31. The van der Waals surface area contributed by atoms with Gasteiger partial charge in [0.25, 0.3) is 0 Å². The van der Waals surface area contributed by atoms with Crippen LogP contribution in [0.5, 0.6) is 0 Å². The molecule has 2 heterocycles. The van der Waals surface area contributed by atoms with E-state index in [1.165, 1.54) is 5.69 Å². The lowest BCUT2D eigenvalue weighted by molar-refractivity contribution is 0.123. The first kappa shape index (κ1) is 14.5. The van der Waals surface area contributed by atoms with Crippen molar-refractivity contribution in [3.63, 3.8) is 0 Å². The quantitative estimate of drug-likeness (QED) is 0.902. The predicted molar refractivity (Wildman–Crippen MR) is 87.9 cm³/mol. The van der Waals surface area contributed by atoms with Crippen molar-refractivity contribution in [2.45, 2.75) is 13.0 Å². The van der Waals surface area contributed by atoms with Crippen molar-refractivity contribution in [2.24, 2.45) is 0 Å². The van der Waals surface area contributed by atoms with Gasteiger partial charge in [0.15, 0.2) is 4.67 Å². The van der Waals surface area contributed by atoms with Crippen molar-refractivity contribution in [3.05, 3.63) is 46.8 Å². The minimum atomic E-state index is 0.110. The summed E-state index contributed by atoms with van der Waals surface area (Å²) < 4.78 is 11.8. The van der Waals surface area contributed by atoms with E-state index >= 15 is 0 Å². The Morgan fingerprint density at radius 1 is 1.14 bits per heavy atom. The van der Waals surface area contributed by atoms with E-state index in [0.29, 0.717) is 0 Å². The van der Waals surface area contributed by atoms with Gasteiger partial charge in [0.05, 0.1) is 30.6 Å². The number of nitrogens with one attached hydrogen (secondary N) is 1. The maximum atomic E-state index is 5.62. The first-order valence-corrected chi connectivity index (χ1v) is 7.97. The van der Waals surface area contributed by atoms with Crippen LogP contribution in [0, 0.1) is 0 Å². The third-order valence-corrected chi connectivity index (χ3v) is 4.07. The summed E-state index contributed by atoms with van der Waals surface area (Å²) in [5.74, 6) is 0.915. The van der Waals surface area contributed by atoms with Crippen LogP contribution in [0.2, 0.25) is 0 Å². The number of para-hydroxylation sites is 2. The Hall–Kier alpha value is -1.46. The first-order chi connectivity index (χ1) is 10.2. The zero-order chi connectivity index (χ0) is 14.7. The van der Waals surface area contributed by atoms with Crippen LogP contribution >= 0.6 is 15.9 Å². The van der Waals surface area contributed by atoms with Crippen LogP contribution in [0.1, 0.15) is 18.7 Å². The molecule has 1 aromatic heterocycles. The molecule has 1 saturated heterocycles. The highest BCUT2D eigenvalue weighted by atomic mass is 79.9. The van der Waals surface area contributed by atoms with E-state index in [2.05, 4.69) is 57.3 Å². The average Bonchev–Trinajstić information content (AvgIpc) is 2.95. The van der Waals surface area contributed by atoms with Gasteiger partial charge in [0, 0.05) is 13.1 Å². The second-order valence-corrected chi connectivity index (χ2v) is 5.91. The van der Waals surface area contributed by atoms with E-state index in [9.17, 15) is 0 Å². The van der Waals surface area contributed by atoms with Crippen LogP contribution in [0.3, 0.4) is 0 Å². The van der Waals surface area contributed by atoms with Crippen molar-refractivity contribution in [2.75, 3.05) is 36.5 Å². The predicted octanol–water partition coefficient (Wildman–Crippen LogP) is 4.05. The Labute approximate surface area is 133 Å². The van der Waals surface area contributed by atoms with Crippen molar-refractivity contribution in [1.29, 1.82) is 0 Å². The van der Waals surface area contributed by atoms with E-state index in [-0.39, 0.29) is 6.04 Å². The monoisotopic (exact) mass is 350 g/mol. The number of halogens is 1. The molecule has 4 nitrogen and oxygen atoms in total. The van der Waals surface area contributed by atoms with E-state index in [1.807, 2.05) is 12.1 Å². The third kappa shape index (κ3) is 3.41. The third-order valence-electron chi connectivity index (χ3n) is 3.65. The highest BCUT2D eigenvalue weighted by Crippen LogP contribution is 2.30. The number of anilines is 2. The van der Waals surface area contributed by atoms with Crippen molar-refractivity contribution in [1.82, 2.24) is 0 Å². The second kappa shape index (κ2) is 6.54. The molecule has 1 N–H and O–H groups in total. The van der Waals surface area contributed by atoms with Crippen LogP contribution in [0.15, 0.2) is 45.5 Å². The standard InChI is InChI=1S/C16H19BrN2O2/c1-12(15-6-7-16(17)21-15)18-13-4-2-3-5-14(13)19-8-10-20-11-9-19/h2-7,12,18H,8-11H2,1H3. The van der Waals surface area contributed by atoms with E-state index < -0.39 is 0 Å². The van der Waals surface area contributed by atoms with Gasteiger partial charge in [-0.3, -0.25) is 0 Å². The largest absolute Gasteiger partial charge is 0.452 e. The van der Waals surface area contributed by atoms with Crippen LogP contribution in [0.4, 0.5) is 11.4 Å². The summed E-state index contributed by atoms with van der Waals surface area (Å²) in [5, 5.41) is 3.54. The van der Waals surface area contributed by atoms with Gasteiger partial charge in [0.1, 0.15) is 5.76 Å². The zero-order valence-corrected chi connectivity index (χ0v) is 13.6.